The lowest BCUT2D eigenvalue weighted by atomic mass is 10.1. The summed E-state index contributed by atoms with van der Waals surface area (Å²) in [6, 6.07) is 26.6. The van der Waals surface area contributed by atoms with Crippen molar-refractivity contribution in [3.05, 3.63) is 84.9 Å². The SMILES string of the molecule is O=[C]C(Oc1ccc2ccccc2c1)C(=O)COc1ccc2ccccc2c1. The number of ketones is 1. The Morgan fingerprint density at radius 1 is 0.750 bits per heavy atom. The van der Waals surface area contributed by atoms with E-state index in [2.05, 4.69) is 0 Å². The molecule has 0 saturated heterocycles. The standard InChI is InChI=1S/C24H17O4/c25-15-24(28-22-12-10-18-6-2-4-8-20(18)14-22)23(26)16-27-21-11-9-17-5-1-3-7-19(17)13-21/h1-14,24H,16H2. The zero-order chi connectivity index (χ0) is 19.3. The van der Waals surface area contributed by atoms with E-state index >= 15 is 0 Å². The molecule has 1 unspecified atom stereocenters. The zero-order valence-electron chi connectivity index (χ0n) is 15.0. The first-order valence-corrected chi connectivity index (χ1v) is 8.90. The van der Waals surface area contributed by atoms with Crippen LogP contribution in [0.2, 0.25) is 0 Å². The highest BCUT2D eigenvalue weighted by Crippen LogP contribution is 2.22. The molecule has 4 aromatic rings. The fraction of sp³-hybridized carbons (Fsp3) is 0.0833. The van der Waals surface area contributed by atoms with E-state index in [9.17, 15) is 9.59 Å². The lowest BCUT2D eigenvalue weighted by Crippen LogP contribution is -2.33. The maximum Gasteiger partial charge on any atom is 0.251 e. The van der Waals surface area contributed by atoms with Crippen molar-refractivity contribution in [1.82, 2.24) is 0 Å². The van der Waals surface area contributed by atoms with E-state index in [-0.39, 0.29) is 6.61 Å². The summed E-state index contributed by atoms with van der Waals surface area (Å²) in [5.74, 6) is 0.504. The molecule has 0 saturated carbocycles. The normalized spacial score (nSPS) is 11.9. The first kappa shape index (κ1) is 17.7. The molecule has 0 aliphatic carbocycles. The topological polar surface area (TPSA) is 52.6 Å². The Morgan fingerprint density at radius 3 is 1.89 bits per heavy atom. The van der Waals surface area contributed by atoms with Gasteiger partial charge in [-0.2, -0.15) is 0 Å². The lowest BCUT2D eigenvalue weighted by molar-refractivity contribution is -0.125. The fourth-order valence-electron chi connectivity index (χ4n) is 3.02. The smallest absolute Gasteiger partial charge is 0.251 e. The average molecular weight is 369 g/mol. The molecule has 0 amide bonds. The maximum absolute atomic E-state index is 12.4. The molecule has 0 spiro atoms. The predicted molar refractivity (Wildman–Crippen MR) is 109 cm³/mol. The first-order chi connectivity index (χ1) is 13.7. The number of rotatable bonds is 7. The molecule has 0 N–H and O–H groups in total. The largest absolute Gasteiger partial charge is 0.486 e. The van der Waals surface area contributed by atoms with E-state index in [1.807, 2.05) is 66.7 Å². The number of benzene rings is 4. The van der Waals surface area contributed by atoms with Crippen molar-refractivity contribution < 1.29 is 19.1 Å². The molecule has 0 heterocycles. The third-order valence-electron chi connectivity index (χ3n) is 4.48. The lowest BCUT2D eigenvalue weighted by Gasteiger charge is -2.13. The molecule has 0 bridgehead atoms. The van der Waals surface area contributed by atoms with E-state index < -0.39 is 11.9 Å². The van der Waals surface area contributed by atoms with E-state index in [0.717, 1.165) is 21.5 Å². The van der Waals surface area contributed by atoms with Crippen LogP contribution in [0.1, 0.15) is 0 Å². The van der Waals surface area contributed by atoms with Gasteiger partial charge in [0.15, 0.2) is 6.61 Å². The van der Waals surface area contributed by atoms with Gasteiger partial charge in [-0.15, -0.1) is 0 Å². The van der Waals surface area contributed by atoms with Crippen molar-refractivity contribution in [1.29, 1.82) is 0 Å². The van der Waals surface area contributed by atoms with Crippen molar-refractivity contribution in [2.24, 2.45) is 0 Å². The van der Waals surface area contributed by atoms with E-state index in [1.165, 1.54) is 0 Å². The molecule has 1 radical (unpaired) electrons. The molecule has 28 heavy (non-hydrogen) atoms. The Bertz CT molecular complexity index is 1150. The average Bonchev–Trinajstić information content (AvgIpc) is 2.75. The van der Waals surface area contributed by atoms with Crippen LogP contribution in [0.15, 0.2) is 84.9 Å². The minimum Gasteiger partial charge on any atom is -0.486 e. The summed E-state index contributed by atoms with van der Waals surface area (Å²) in [5, 5.41) is 4.11. The van der Waals surface area contributed by atoms with Crippen LogP contribution in [0, 0.1) is 0 Å². The summed E-state index contributed by atoms with van der Waals surface area (Å²) in [7, 11) is 0. The number of Topliss-reactive ketones (excluding diaryl/α,β-unsaturated/α-hetero) is 1. The van der Waals surface area contributed by atoms with Gasteiger partial charge in [-0.1, -0.05) is 60.7 Å². The van der Waals surface area contributed by atoms with Gasteiger partial charge in [0.25, 0.3) is 6.29 Å². The molecule has 137 valence electrons. The van der Waals surface area contributed by atoms with Crippen molar-refractivity contribution in [3.8, 4) is 11.5 Å². The van der Waals surface area contributed by atoms with Crippen LogP contribution in [-0.4, -0.2) is 24.8 Å². The molecule has 4 heteroatoms. The number of fused-ring (bicyclic) bond motifs is 2. The Kier molecular flexibility index (Phi) is 5.02. The molecule has 0 aliphatic rings. The molecule has 0 aliphatic heterocycles. The molecule has 1 atom stereocenters. The summed E-state index contributed by atoms with van der Waals surface area (Å²) in [6.07, 6.45) is 0.331. The Balaban J connectivity index is 1.43. The van der Waals surface area contributed by atoms with Gasteiger partial charge >= 0.3 is 0 Å². The zero-order valence-corrected chi connectivity index (χ0v) is 15.0. The van der Waals surface area contributed by atoms with Crippen molar-refractivity contribution in [3.63, 3.8) is 0 Å². The van der Waals surface area contributed by atoms with Crippen molar-refractivity contribution in [2.45, 2.75) is 6.10 Å². The highest BCUT2D eigenvalue weighted by molar-refractivity contribution is 5.98. The molecule has 4 aromatic carbocycles. The quantitative estimate of drug-likeness (QED) is 0.450. The van der Waals surface area contributed by atoms with Crippen LogP contribution in [0.5, 0.6) is 11.5 Å². The Hall–Kier alpha value is -3.66. The predicted octanol–water partition coefficient (Wildman–Crippen LogP) is 4.50. The molecular weight excluding hydrogens is 352 g/mol. The summed E-state index contributed by atoms with van der Waals surface area (Å²) in [4.78, 5) is 23.6. The Labute approximate surface area is 162 Å². The Morgan fingerprint density at radius 2 is 1.29 bits per heavy atom. The van der Waals surface area contributed by atoms with Crippen LogP contribution in [0.3, 0.4) is 0 Å². The number of hydrogen-bond donors (Lipinski definition) is 0. The second-order valence-electron chi connectivity index (χ2n) is 6.39. The highest BCUT2D eigenvalue weighted by Gasteiger charge is 2.21. The minimum atomic E-state index is -1.33. The summed E-state index contributed by atoms with van der Waals surface area (Å²) < 4.78 is 11.1. The summed E-state index contributed by atoms with van der Waals surface area (Å²) in [5.41, 5.74) is 0. The second-order valence-corrected chi connectivity index (χ2v) is 6.39. The van der Waals surface area contributed by atoms with Crippen LogP contribution >= 0.6 is 0 Å². The van der Waals surface area contributed by atoms with Crippen molar-refractivity contribution >= 4 is 33.6 Å². The summed E-state index contributed by atoms with van der Waals surface area (Å²) in [6.45, 7) is -0.272. The van der Waals surface area contributed by atoms with E-state index in [0.29, 0.717) is 11.5 Å². The van der Waals surface area contributed by atoms with Gasteiger partial charge in [0.05, 0.1) is 0 Å². The number of ether oxygens (including phenoxy) is 2. The molecule has 0 aromatic heterocycles. The molecule has 4 rings (SSSR count). The fourth-order valence-corrected chi connectivity index (χ4v) is 3.02. The van der Waals surface area contributed by atoms with Gasteiger partial charge in [0.1, 0.15) is 11.5 Å². The second kappa shape index (κ2) is 7.92. The number of carbonyl (C=O) groups is 1. The number of carbonyl (C=O) groups excluding carboxylic acids is 2. The van der Waals surface area contributed by atoms with Crippen LogP contribution < -0.4 is 9.47 Å². The monoisotopic (exact) mass is 369 g/mol. The van der Waals surface area contributed by atoms with Crippen LogP contribution in [0.4, 0.5) is 0 Å². The summed E-state index contributed by atoms with van der Waals surface area (Å²) >= 11 is 0. The van der Waals surface area contributed by atoms with Gasteiger partial charge in [-0.05, 0) is 45.8 Å². The first-order valence-electron chi connectivity index (χ1n) is 8.90. The van der Waals surface area contributed by atoms with Gasteiger partial charge in [0, 0.05) is 0 Å². The molecule has 4 nitrogen and oxygen atoms in total. The third kappa shape index (κ3) is 3.86. The highest BCUT2D eigenvalue weighted by atomic mass is 16.5. The molecular formula is C24H17O4. The van der Waals surface area contributed by atoms with Crippen molar-refractivity contribution in [2.75, 3.05) is 6.61 Å². The van der Waals surface area contributed by atoms with Crippen LogP contribution in [0.25, 0.3) is 21.5 Å². The van der Waals surface area contributed by atoms with Gasteiger partial charge in [-0.3, -0.25) is 9.59 Å². The van der Waals surface area contributed by atoms with Gasteiger partial charge < -0.3 is 9.47 Å². The van der Waals surface area contributed by atoms with E-state index in [1.54, 1.807) is 24.5 Å². The van der Waals surface area contributed by atoms with Gasteiger partial charge in [-0.25, -0.2) is 0 Å². The van der Waals surface area contributed by atoms with Gasteiger partial charge in [0.2, 0.25) is 11.9 Å². The third-order valence-corrected chi connectivity index (χ3v) is 4.48. The van der Waals surface area contributed by atoms with Crippen LogP contribution in [-0.2, 0) is 9.59 Å². The molecule has 0 fully saturated rings. The maximum atomic E-state index is 12.4. The minimum absolute atomic E-state index is 0.272. The number of hydrogen-bond acceptors (Lipinski definition) is 4. The van der Waals surface area contributed by atoms with E-state index in [4.69, 9.17) is 9.47 Å².